The number of carbonyl (C=O) groups is 1. The third kappa shape index (κ3) is 5.12. The molecule has 1 heterocycles. The number of nitrogens with two attached hydrogens (primary N) is 1. The Morgan fingerprint density at radius 2 is 2.33 bits per heavy atom. The Labute approximate surface area is 115 Å². The van der Waals surface area contributed by atoms with Crippen molar-refractivity contribution in [2.24, 2.45) is 0 Å². The van der Waals surface area contributed by atoms with Crippen LogP contribution in [0, 0.1) is 0 Å². The molecule has 4 N–H and O–H groups in total. The molecule has 0 aliphatic heterocycles. The highest BCUT2D eigenvalue weighted by molar-refractivity contribution is 7.99. The molecule has 0 unspecified atom stereocenters. The van der Waals surface area contributed by atoms with Gasteiger partial charge in [0, 0.05) is 18.9 Å². The van der Waals surface area contributed by atoms with Crippen molar-refractivity contribution < 1.29 is 9.90 Å². The highest BCUT2D eigenvalue weighted by Gasteiger charge is 2.11. The van der Waals surface area contributed by atoms with Gasteiger partial charge in [-0.2, -0.15) is 11.8 Å². The molecule has 7 heteroatoms. The van der Waals surface area contributed by atoms with Crippen LogP contribution < -0.4 is 11.1 Å². The van der Waals surface area contributed by atoms with Crippen molar-refractivity contribution in [2.75, 3.05) is 30.4 Å². The van der Waals surface area contributed by atoms with Crippen LogP contribution in [0.3, 0.4) is 0 Å². The average Bonchev–Trinajstić information content (AvgIpc) is 2.36. The Kier molecular flexibility index (Phi) is 6.85. The molecule has 0 radical (unpaired) electrons. The van der Waals surface area contributed by atoms with E-state index in [9.17, 15) is 4.79 Å². The van der Waals surface area contributed by atoms with Crippen molar-refractivity contribution in [3.05, 3.63) is 23.0 Å². The monoisotopic (exact) mass is 289 g/mol. The predicted octanol–water partition coefficient (Wildman–Crippen LogP) is 1.16. The Morgan fingerprint density at radius 1 is 1.56 bits per heavy atom. The lowest BCUT2D eigenvalue weighted by Crippen LogP contribution is -2.26. The van der Waals surface area contributed by atoms with E-state index in [2.05, 4.69) is 10.3 Å². The topological polar surface area (TPSA) is 88.2 Å². The summed E-state index contributed by atoms with van der Waals surface area (Å²) in [5.41, 5.74) is 6.24. The van der Waals surface area contributed by atoms with Crippen molar-refractivity contribution >= 4 is 35.0 Å². The molecule has 1 aromatic heterocycles. The number of aliphatic hydroxyl groups is 1. The van der Waals surface area contributed by atoms with Gasteiger partial charge in [0.15, 0.2) is 0 Å². The number of nitrogen functional groups attached to an aromatic ring is 1. The standard InChI is InChI=1S/C11H16ClN3O2S/c12-10-9(6-8(13)7-15-10)11(17)14-2-5-18-4-1-3-16/h6-7,16H,1-5,13H2,(H,14,17). The summed E-state index contributed by atoms with van der Waals surface area (Å²) in [6, 6.07) is 1.50. The van der Waals surface area contributed by atoms with Gasteiger partial charge in [0.2, 0.25) is 0 Å². The zero-order valence-corrected chi connectivity index (χ0v) is 11.4. The van der Waals surface area contributed by atoms with Crippen LogP contribution in [-0.4, -0.2) is 40.7 Å². The van der Waals surface area contributed by atoms with Crippen LogP contribution in [0.2, 0.25) is 5.15 Å². The van der Waals surface area contributed by atoms with E-state index >= 15 is 0 Å². The minimum Gasteiger partial charge on any atom is -0.397 e. The summed E-state index contributed by atoms with van der Waals surface area (Å²) in [4.78, 5) is 15.6. The number of aliphatic hydroxyl groups excluding tert-OH is 1. The van der Waals surface area contributed by atoms with Crippen molar-refractivity contribution in [2.45, 2.75) is 6.42 Å². The number of carbonyl (C=O) groups excluding carboxylic acids is 1. The van der Waals surface area contributed by atoms with E-state index in [0.29, 0.717) is 12.2 Å². The molecule has 5 nitrogen and oxygen atoms in total. The maximum Gasteiger partial charge on any atom is 0.254 e. The summed E-state index contributed by atoms with van der Waals surface area (Å²) >= 11 is 7.49. The van der Waals surface area contributed by atoms with E-state index in [0.717, 1.165) is 17.9 Å². The molecule has 18 heavy (non-hydrogen) atoms. The molecule has 0 fully saturated rings. The summed E-state index contributed by atoms with van der Waals surface area (Å²) in [5.74, 6) is 1.40. The van der Waals surface area contributed by atoms with E-state index in [4.69, 9.17) is 22.4 Å². The largest absolute Gasteiger partial charge is 0.397 e. The second kappa shape index (κ2) is 8.18. The molecule has 0 aromatic carbocycles. The number of amides is 1. The molecule has 0 spiro atoms. The highest BCUT2D eigenvalue weighted by atomic mass is 35.5. The second-order valence-corrected chi connectivity index (χ2v) is 5.14. The van der Waals surface area contributed by atoms with Crippen LogP contribution in [-0.2, 0) is 0 Å². The fourth-order valence-electron chi connectivity index (χ4n) is 1.22. The van der Waals surface area contributed by atoms with E-state index < -0.39 is 0 Å². The van der Waals surface area contributed by atoms with Crippen LogP contribution in [0.25, 0.3) is 0 Å². The average molecular weight is 290 g/mol. The number of thioether (sulfide) groups is 1. The third-order valence-corrected chi connectivity index (χ3v) is 3.45. The maximum absolute atomic E-state index is 11.8. The molecular weight excluding hydrogens is 274 g/mol. The van der Waals surface area contributed by atoms with Crippen LogP contribution >= 0.6 is 23.4 Å². The number of rotatable bonds is 7. The molecule has 1 amide bonds. The molecule has 0 atom stereocenters. The summed E-state index contributed by atoms with van der Waals surface area (Å²) in [6.45, 7) is 0.740. The van der Waals surface area contributed by atoms with Crippen LogP contribution in [0.1, 0.15) is 16.8 Å². The molecule has 100 valence electrons. The quantitative estimate of drug-likeness (QED) is 0.518. The van der Waals surface area contributed by atoms with E-state index in [1.807, 2.05) is 0 Å². The molecule has 0 saturated carbocycles. The van der Waals surface area contributed by atoms with Gasteiger partial charge in [0.25, 0.3) is 5.91 Å². The van der Waals surface area contributed by atoms with Gasteiger partial charge in [-0.1, -0.05) is 11.6 Å². The van der Waals surface area contributed by atoms with Crippen LogP contribution in [0.15, 0.2) is 12.3 Å². The lowest BCUT2D eigenvalue weighted by Gasteiger charge is -2.06. The minimum atomic E-state index is -0.275. The van der Waals surface area contributed by atoms with Gasteiger partial charge in [-0.05, 0) is 18.2 Å². The third-order valence-electron chi connectivity index (χ3n) is 2.08. The smallest absolute Gasteiger partial charge is 0.254 e. The second-order valence-electron chi connectivity index (χ2n) is 3.55. The van der Waals surface area contributed by atoms with Crippen molar-refractivity contribution in [1.29, 1.82) is 0 Å². The van der Waals surface area contributed by atoms with Gasteiger partial charge in [-0.25, -0.2) is 4.98 Å². The van der Waals surface area contributed by atoms with Crippen LogP contribution in [0.4, 0.5) is 5.69 Å². The zero-order valence-electron chi connectivity index (χ0n) is 9.86. The Hall–Kier alpha value is -0.980. The summed E-state index contributed by atoms with van der Waals surface area (Å²) in [5, 5.41) is 11.5. The zero-order chi connectivity index (χ0) is 13.4. The summed E-state index contributed by atoms with van der Waals surface area (Å²) < 4.78 is 0. The molecular formula is C11H16ClN3O2S. The number of nitrogens with one attached hydrogen (secondary N) is 1. The maximum atomic E-state index is 11.8. The van der Waals surface area contributed by atoms with Crippen molar-refractivity contribution in [3.8, 4) is 0 Å². The molecule has 1 rings (SSSR count). The first-order valence-corrected chi connectivity index (χ1v) is 7.06. The highest BCUT2D eigenvalue weighted by Crippen LogP contribution is 2.15. The molecule has 0 aliphatic carbocycles. The van der Waals surface area contributed by atoms with Crippen molar-refractivity contribution in [1.82, 2.24) is 10.3 Å². The van der Waals surface area contributed by atoms with Crippen LogP contribution in [0.5, 0.6) is 0 Å². The molecule has 1 aromatic rings. The minimum absolute atomic E-state index is 0.148. The molecule has 0 saturated heterocycles. The number of nitrogens with zero attached hydrogens (tertiary/aromatic N) is 1. The van der Waals surface area contributed by atoms with Gasteiger partial charge >= 0.3 is 0 Å². The first kappa shape index (κ1) is 15.1. The Morgan fingerprint density at radius 3 is 3.06 bits per heavy atom. The lowest BCUT2D eigenvalue weighted by molar-refractivity contribution is 0.0956. The number of halogens is 1. The first-order chi connectivity index (χ1) is 8.65. The summed E-state index contributed by atoms with van der Waals surface area (Å²) in [6.07, 6.45) is 2.17. The predicted molar refractivity (Wildman–Crippen MR) is 75.0 cm³/mol. The number of pyridine rings is 1. The fraction of sp³-hybridized carbons (Fsp3) is 0.455. The SMILES string of the molecule is Nc1cnc(Cl)c(C(=O)NCCSCCCO)c1. The van der Waals surface area contributed by atoms with E-state index in [1.165, 1.54) is 12.3 Å². The lowest BCUT2D eigenvalue weighted by atomic mass is 10.2. The van der Waals surface area contributed by atoms with Gasteiger partial charge in [-0.15, -0.1) is 0 Å². The van der Waals surface area contributed by atoms with Gasteiger partial charge < -0.3 is 16.2 Å². The number of hydrogen-bond donors (Lipinski definition) is 3. The molecule has 0 aliphatic rings. The normalized spacial score (nSPS) is 10.3. The Balaban J connectivity index is 2.34. The number of hydrogen-bond acceptors (Lipinski definition) is 5. The van der Waals surface area contributed by atoms with Gasteiger partial charge in [0.1, 0.15) is 5.15 Å². The van der Waals surface area contributed by atoms with Gasteiger partial charge in [-0.3, -0.25) is 4.79 Å². The first-order valence-electron chi connectivity index (χ1n) is 5.53. The number of anilines is 1. The summed E-state index contributed by atoms with van der Waals surface area (Å²) in [7, 11) is 0. The number of aromatic nitrogens is 1. The Bertz CT molecular complexity index is 404. The van der Waals surface area contributed by atoms with E-state index in [-0.39, 0.29) is 23.2 Å². The van der Waals surface area contributed by atoms with Crippen molar-refractivity contribution in [3.63, 3.8) is 0 Å². The molecule has 0 bridgehead atoms. The van der Waals surface area contributed by atoms with Gasteiger partial charge in [0.05, 0.1) is 17.4 Å². The van der Waals surface area contributed by atoms with E-state index in [1.54, 1.807) is 11.8 Å². The fourth-order valence-corrected chi connectivity index (χ4v) is 2.20.